The molecule has 0 spiro atoms. The van der Waals surface area contributed by atoms with Crippen LogP contribution in [-0.2, 0) is 16.0 Å². The van der Waals surface area contributed by atoms with Gasteiger partial charge in [-0.3, -0.25) is 19.5 Å². The van der Waals surface area contributed by atoms with Crippen molar-refractivity contribution in [1.82, 2.24) is 20.1 Å². The minimum Gasteiger partial charge on any atom is -0.474 e. The van der Waals surface area contributed by atoms with Crippen molar-refractivity contribution in [2.45, 2.75) is 70.1 Å². The first-order valence-electron chi connectivity index (χ1n) is 15.4. The van der Waals surface area contributed by atoms with E-state index in [4.69, 9.17) is 9.47 Å². The number of nitrogens with one attached hydrogen (secondary N) is 1. The fraction of sp³-hybridized carbons (Fsp3) is 0.625. The molecule has 3 fully saturated rings. The second-order valence-corrected chi connectivity index (χ2v) is 12.5. The fourth-order valence-electron chi connectivity index (χ4n) is 7.09. The molecule has 3 aliphatic heterocycles. The number of rotatable bonds is 7. The van der Waals surface area contributed by atoms with Crippen LogP contribution in [0.3, 0.4) is 0 Å². The Morgan fingerprint density at radius 2 is 1.90 bits per heavy atom. The number of ether oxygens (including phenoxy) is 2. The van der Waals surface area contributed by atoms with Crippen molar-refractivity contribution in [3.05, 3.63) is 53.5 Å². The number of benzene rings is 1. The van der Waals surface area contributed by atoms with Crippen molar-refractivity contribution < 1.29 is 18.7 Å². The van der Waals surface area contributed by atoms with E-state index in [0.717, 1.165) is 69.0 Å². The Balaban J connectivity index is 1.25. The predicted octanol–water partition coefficient (Wildman–Crippen LogP) is 3.48. The van der Waals surface area contributed by atoms with E-state index in [9.17, 15) is 9.18 Å². The maximum Gasteiger partial charge on any atom is 0.241 e. The molecule has 4 aliphatic rings. The van der Waals surface area contributed by atoms with E-state index in [1.807, 2.05) is 11.1 Å². The highest BCUT2D eigenvalue weighted by Crippen LogP contribution is 2.40. The van der Waals surface area contributed by atoms with E-state index in [1.54, 1.807) is 12.1 Å². The largest absolute Gasteiger partial charge is 0.474 e. The van der Waals surface area contributed by atoms with Crippen molar-refractivity contribution in [2.24, 2.45) is 5.92 Å². The second-order valence-electron chi connectivity index (χ2n) is 12.5. The number of morpholine rings is 1. The van der Waals surface area contributed by atoms with Gasteiger partial charge in [0.15, 0.2) is 0 Å². The average Bonchev–Trinajstić information content (AvgIpc) is 3.51. The fourth-order valence-corrected chi connectivity index (χ4v) is 7.09. The number of piperazine rings is 1. The van der Waals surface area contributed by atoms with E-state index in [1.165, 1.54) is 25.0 Å². The zero-order chi connectivity index (χ0) is 28.3. The third kappa shape index (κ3) is 6.58. The maximum absolute atomic E-state index is 14.4. The van der Waals surface area contributed by atoms with Crippen LogP contribution in [0, 0.1) is 11.7 Å². The molecule has 2 saturated heterocycles. The van der Waals surface area contributed by atoms with Crippen molar-refractivity contribution in [2.75, 3.05) is 57.4 Å². The van der Waals surface area contributed by atoms with E-state index < -0.39 is 0 Å². The van der Waals surface area contributed by atoms with E-state index in [2.05, 4.69) is 40.0 Å². The summed E-state index contributed by atoms with van der Waals surface area (Å²) in [6.07, 6.45) is 7.09. The summed E-state index contributed by atoms with van der Waals surface area (Å²) in [5, 5.41) is 3.64. The van der Waals surface area contributed by atoms with Crippen LogP contribution in [-0.4, -0.2) is 97.4 Å². The maximum atomic E-state index is 14.4. The standard InChI is InChI=1S/C32H44FN5O3/c1-22-17-37(28(16-34-22)18-36-11-12-40-20-23(36)2)19-31(39)38-29-14-25(13-24-7-9-27(33)10-8-24)15-35-32(29)41-21-30(38)26-5-3-4-6-26/h7-10,14-15,22-23,26,28,30,34H,3-6,11-13,16-21H2,1-2H3/t22-,23-,28-,30?/m1/s1. The number of hydrogen-bond donors (Lipinski definition) is 1. The third-order valence-corrected chi connectivity index (χ3v) is 9.42. The van der Waals surface area contributed by atoms with Gasteiger partial charge in [0.25, 0.3) is 0 Å². The Bertz CT molecular complexity index is 1190. The zero-order valence-corrected chi connectivity index (χ0v) is 24.4. The molecule has 1 aliphatic carbocycles. The van der Waals surface area contributed by atoms with Crippen molar-refractivity contribution in [3.63, 3.8) is 0 Å². The van der Waals surface area contributed by atoms with Crippen LogP contribution in [0.15, 0.2) is 36.5 Å². The molecule has 8 nitrogen and oxygen atoms in total. The lowest BCUT2D eigenvalue weighted by atomic mass is 9.95. The SMILES string of the molecule is C[C@@H]1CN(CC(=O)N2c3cc(Cc4ccc(F)cc4)cnc3OCC2C2CCCC2)[C@@H](CN2CCOC[C@H]2C)CN1. The molecule has 1 aromatic carbocycles. The van der Waals surface area contributed by atoms with Crippen LogP contribution < -0.4 is 15.0 Å². The van der Waals surface area contributed by atoms with Crippen LogP contribution in [0.25, 0.3) is 0 Å². The summed E-state index contributed by atoms with van der Waals surface area (Å²) in [6.45, 7) is 10.4. The van der Waals surface area contributed by atoms with Crippen LogP contribution in [0.2, 0.25) is 0 Å². The van der Waals surface area contributed by atoms with E-state index in [0.29, 0.717) is 43.5 Å². The molecule has 0 bridgehead atoms. The Morgan fingerprint density at radius 1 is 1.10 bits per heavy atom. The van der Waals surface area contributed by atoms with E-state index in [-0.39, 0.29) is 23.8 Å². The van der Waals surface area contributed by atoms with Crippen molar-refractivity contribution >= 4 is 11.6 Å². The van der Waals surface area contributed by atoms with Gasteiger partial charge in [0, 0.05) is 50.5 Å². The second kappa shape index (κ2) is 12.7. The van der Waals surface area contributed by atoms with Crippen LogP contribution in [0.4, 0.5) is 10.1 Å². The third-order valence-electron chi connectivity index (χ3n) is 9.42. The van der Waals surface area contributed by atoms with Gasteiger partial charge in [0.05, 0.1) is 25.8 Å². The summed E-state index contributed by atoms with van der Waals surface area (Å²) >= 11 is 0. The normalized spacial score (nSPS) is 27.9. The molecular weight excluding hydrogens is 521 g/mol. The summed E-state index contributed by atoms with van der Waals surface area (Å²) in [6, 6.07) is 9.61. The molecule has 1 N–H and O–H groups in total. The summed E-state index contributed by atoms with van der Waals surface area (Å²) in [7, 11) is 0. The highest BCUT2D eigenvalue weighted by Gasteiger charge is 2.41. The van der Waals surface area contributed by atoms with Gasteiger partial charge in [0.1, 0.15) is 18.1 Å². The van der Waals surface area contributed by atoms with Crippen LogP contribution in [0.5, 0.6) is 5.88 Å². The quantitative estimate of drug-likeness (QED) is 0.551. The number of hydrogen-bond acceptors (Lipinski definition) is 7. The van der Waals surface area contributed by atoms with Gasteiger partial charge in [-0.15, -0.1) is 0 Å². The summed E-state index contributed by atoms with van der Waals surface area (Å²) in [4.78, 5) is 26.0. The number of carbonyl (C=O) groups is 1. The number of nitrogens with zero attached hydrogens (tertiary/aromatic N) is 4. The van der Waals surface area contributed by atoms with Gasteiger partial charge < -0.3 is 14.8 Å². The number of amides is 1. The van der Waals surface area contributed by atoms with Gasteiger partial charge in [0.2, 0.25) is 11.8 Å². The van der Waals surface area contributed by atoms with Gasteiger partial charge in [-0.2, -0.15) is 0 Å². The number of halogens is 1. The molecule has 1 aromatic heterocycles. The number of aromatic nitrogens is 1. The molecule has 0 radical (unpaired) electrons. The van der Waals surface area contributed by atoms with Crippen LogP contribution >= 0.6 is 0 Å². The van der Waals surface area contributed by atoms with Crippen molar-refractivity contribution in [1.29, 1.82) is 0 Å². The molecule has 1 amide bonds. The molecule has 222 valence electrons. The minimum absolute atomic E-state index is 0.0124. The summed E-state index contributed by atoms with van der Waals surface area (Å²) < 4.78 is 25.3. The van der Waals surface area contributed by atoms with Crippen LogP contribution in [0.1, 0.15) is 50.7 Å². The molecule has 1 saturated carbocycles. The van der Waals surface area contributed by atoms with Gasteiger partial charge in [-0.1, -0.05) is 25.0 Å². The number of carbonyl (C=O) groups excluding carboxylic acids is 1. The predicted molar refractivity (Wildman–Crippen MR) is 157 cm³/mol. The lowest BCUT2D eigenvalue weighted by Gasteiger charge is -2.45. The van der Waals surface area contributed by atoms with E-state index >= 15 is 0 Å². The average molecular weight is 566 g/mol. The molecule has 41 heavy (non-hydrogen) atoms. The molecule has 2 aromatic rings. The first kappa shape index (κ1) is 28.5. The lowest BCUT2D eigenvalue weighted by molar-refractivity contribution is -0.122. The molecule has 1 unspecified atom stereocenters. The molecule has 4 heterocycles. The smallest absolute Gasteiger partial charge is 0.241 e. The van der Waals surface area contributed by atoms with Gasteiger partial charge in [-0.05, 0) is 68.4 Å². The first-order valence-corrected chi connectivity index (χ1v) is 15.4. The lowest BCUT2D eigenvalue weighted by Crippen LogP contribution is -2.63. The molecule has 4 atom stereocenters. The topological polar surface area (TPSA) is 70.2 Å². The van der Waals surface area contributed by atoms with Crippen molar-refractivity contribution in [3.8, 4) is 5.88 Å². The molecule has 9 heteroatoms. The minimum atomic E-state index is -0.245. The Kier molecular flexibility index (Phi) is 8.86. The Morgan fingerprint density at radius 3 is 2.68 bits per heavy atom. The number of pyridine rings is 1. The molecule has 6 rings (SSSR count). The van der Waals surface area contributed by atoms with Gasteiger partial charge in [-0.25, -0.2) is 9.37 Å². The number of anilines is 1. The highest BCUT2D eigenvalue weighted by atomic mass is 19.1. The summed E-state index contributed by atoms with van der Waals surface area (Å²) in [5.74, 6) is 0.842. The molecular formula is C32H44FN5O3. The zero-order valence-electron chi connectivity index (χ0n) is 24.4. The Hall–Kier alpha value is -2.59. The van der Waals surface area contributed by atoms with Gasteiger partial charge >= 0.3 is 0 Å². The monoisotopic (exact) mass is 565 g/mol. The summed E-state index contributed by atoms with van der Waals surface area (Å²) in [5.41, 5.74) is 2.77. The Labute approximate surface area is 243 Å². The highest BCUT2D eigenvalue weighted by molar-refractivity contribution is 5.97. The number of fused-ring (bicyclic) bond motifs is 1. The first-order chi connectivity index (χ1) is 19.9.